The molecule has 0 aliphatic carbocycles. The molecule has 66 valence electrons. The molecule has 0 atom stereocenters. The Kier molecular flexibility index (Phi) is 3.32. The molecule has 2 aromatic heterocycles. The fourth-order valence-corrected chi connectivity index (χ4v) is 1.33. The number of rotatable bonds is 1. The molecule has 0 aromatic carbocycles. The van der Waals surface area contributed by atoms with Crippen molar-refractivity contribution in [1.29, 1.82) is 0 Å². The molecule has 0 aliphatic rings. The van der Waals surface area contributed by atoms with E-state index in [1.54, 1.807) is 18.3 Å². The van der Waals surface area contributed by atoms with Crippen molar-refractivity contribution >= 4 is 27.5 Å². The number of nitrogens with zero attached hydrogens (tertiary/aromatic N) is 3. The molecule has 2 rings (SSSR count). The van der Waals surface area contributed by atoms with Gasteiger partial charge in [0.25, 0.3) is 0 Å². The van der Waals surface area contributed by atoms with Crippen LogP contribution < -0.4 is 24.0 Å². The zero-order chi connectivity index (χ0) is 9.42. The van der Waals surface area contributed by atoms with Crippen LogP contribution in [0, 0.1) is 0 Å². The first-order valence-corrected chi connectivity index (χ1v) is 4.19. The van der Waals surface area contributed by atoms with Crippen LogP contribution in [-0.2, 0) is 0 Å². The zero-order valence-corrected chi connectivity index (χ0v) is 8.85. The largest absolute Gasteiger partial charge is 1.00 e. The standard InChI is InChI=1S/C7H4BrN3O2.Li/c8-4-1-2-11-5(3-4)9-10-6(11)7(12)13;/h1-3H,(H,12,13);/q;+1/p-1. The van der Waals surface area contributed by atoms with Gasteiger partial charge < -0.3 is 9.90 Å². The van der Waals surface area contributed by atoms with Crippen LogP contribution in [0.1, 0.15) is 10.6 Å². The van der Waals surface area contributed by atoms with Crippen molar-refractivity contribution in [2.75, 3.05) is 0 Å². The van der Waals surface area contributed by atoms with Gasteiger partial charge in [-0.25, -0.2) is 0 Å². The van der Waals surface area contributed by atoms with Gasteiger partial charge in [-0.3, -0.25) is 4.40 Å². The molecule has 0 bridgehead atoms. The third-order valence-corrected chi connectivity index (χ3v) is 2.05. The maximum atomic E-state index is 10.5. The van der Waals surface area contributed by atoms with Crippen LogP contribution in [0.4, 0.5) is 0 Å². The smallest absolute Gasteiger partial charge is 0.541 e. The first kappa shape index (κ1) is 11.2. The fourth-order valence-electron chi connectivity index (χ4n) is 1.01. The molecule has 0 radical (unpaired) electrons. The molecule has 5 nitrogen and oxygen atoms in total. The van der Waals surface area contributed by atoms with Gasteiger partial charge in [0.2, 0.25) is 0 Å². The van der Waals surface area contributed by atoms with Gasteiger partial charge in [-0.2, -0.15) is 0 Å². The molecule has 0 spiro atoms. The summed E-state index contributed by atoms with van der Waals surface area (Å²) in [6, 6.07) is 3.36. The number of aromatic carboxylic acids is 1. The van der Waals surface area contributed by atoms with E-state index in [1.165, 1.54) is 4.40 Å². The molecule has 0 fully saturated rings. The number of carbonyl (C=O) groups excluding carboxylic acids is 1. The normalized spacial score (nSPS) is 9.79. The second-order valence-corrected chi connectivity index (χ2v) is 3.30. The topological polar surface area (TPSA) is 70.3 Å². The first-order chi connectivity index (χ1) is 6.18. The summed E-state index contributed by atoms with van der Waals surface area (Å²) in [6.45, 7) is 0. The van der Waals surface area contributed by atoms with E-state index in [1.807, 2.05) is 0 Å². The van der Waals surface area contributed by atoms with Crippen LogP contribution in [0.2, 0.25) is 0 Å². The van der Waals surface area contributed by atoms with E-state index in [2.05, 4.69) is 26.1 Å². The van der Waals surface area contributed by atoms with Crippen LogP contribution in [0.15, 0.2) is 22.8 Å². The summed E-state index contributed by atoms with van der Waals surface area (Å²) >= 11 is 3.23. The quantitative estimate of drug-likeness (QED) is 0.500. The van der Waals surface area contributed by atoms with Gasteiger partial charge in [-0.1, -0.05) is 15.9 Å². The van der Waals surface area contributed by atoms with E-state index in [0.29, 0.717) is 5.65 Å². The fraction of sp³-hybridized carbons (Fsp3) is 0. The van der Waals surface area contributed by atoms with Gasteiger partial charge in [0, 0.05) is 10.7 Å². The summed E-state index contributed by atoms with van der Waals surface area (Å²) in [4.78, 5) is 10.5. The van der Waals surface area contributed by atoms with Crippen LogP contribution >= 0.6 is 15.9 Å². The van der Waals surface area contributed by atoms with E-state index >= 15 is 0 Å². The predicted octanol–water partition coefficient (Wildman–Crippen LogP) is -3.14. The van der Waals surface area contributed by atoms with Crippen molar-refractivity contribution in [3.05, 3.63) is 28.6 Å². The number of hydrogen-bond donors (Lipinski definition) is 0. The van der Waals surface area contributed by atoms with E-state index in [4.69, 9.17) is 0 Å². The molecular weight excluding hydrogens is 245 g/mol. The Morgan fingerprint density at radius 1 is 1.50 bits per heavy atom. The molecule has 2 aromatic rings. The number of carbonyl (C=O) groups is 1. The van der Waals surface area contributed by atoms with Crippen molar-refractivity contribution in [3.63, 3.8) is 0 Å². The Hall–Kier alpha value is -0.833. The molecular formula is C7H3BrLiN3O2. The SMILES string of the molecule is O=C([O-])c1nnc2cc(Br)ccn12.[Li+]. The van der Waals surface area contributed by atoms with Crippen molar-refractivity contribution in [1.82, 2.24) is 14.6 Å². The molecule has 0 saturated carbocycles. The number of hydrogen-bond acceptors (Lipinski definition) is 4. The molecule has 0 N–H and O–H groups in total. The van der Waals surface area contributed by atoms with E-state index in [-0.39, 0.29) is 24.7 Å². The average molecular weight is 248 g/mol. The molecule has 0 saturated heterocycles. The second-order valence-electron chi connectivity index (χ2n) is 2.38. The summed E-state index contributed by atoms with van der Waals surface area (Å²) in [5.74, 6) is -1.53. The number of aromatic nitrogens is 3. The van der Waals surface area contributed by atoms with Crippen molar-refractivity contribution < 1.29 is 28.8 Å². The van der Waals surface area contributed by atoms with Gasteiger partial charge in [0.1, 0.15) is 5.97 Å². The molecule has 0 amide bonds. The number of fused-ring (bicyclic) bond motifs is 1. The number of carboxylic acids is 1. The maximum absolute atomic E-state index is 10.5. The third kappa shape index (κ3) is 1.82. The Bertz CT molecular complexity index is 485. The van der Waals surface area contributed by atoms with E-state index in [0.717, 1.165) is 4.47 Å². The molecule has 2 heterocycles. The predicted molar refractivity (Wildman–Crippen MR) is 45.0 cm³/mol. The van der Waals surface area contributed by atoms with Gasteiger partial charge >= 0.3 is 18.9 Å². The third-order valence-electron chi connectivity index (χ3n) is 1.55. The average Bonchev–Trinajstić information content (AvgIpc) is 2.46. The van der Waals surface area contributed by atoms with Crippen LogP contribution in [0.5, 0.6) is 0 Å². The zero-order valence-electron chi connectivity index (χ0n) is 7.27. The minimum Gasteiger partial charge on any atom is -0.541 e. The molecule has 14 heavy (non-hydrogen) atoms. The van der Waals surface area contributed by atoms with Gasteiger partial charge in [0.05, 0.1) is 0 Å². The van der Waals surface area contributed by atoms with Crippen LogP contribution in [0.25, 0.3) is 5.65 Å². The Labute approximate surface area is 99.4 Å². The monoisotopic (exact) mass is 247 g/mol. The van der Waals surface area contributed by atoms with Crippen LogP contribution in [0.3, 0.4) is 0 Å². The first-order valence-electron chi connectivity index (χ1n) is 3.40. The van der Waals surface area contributed by atoms with Gasteiger partial charge in [-0.05, 0) is 12.1 Å². The minimum absolute atomic E-state index is 0. The summed E-state index contributed by atoms with van der Waals surface area (Å²) in [5.41, 5.74) is 0.466. The van der Waals surface area contributed by atoms with Gasteiger partial charge in [-0.15, -0.1) is 10.2 Å². The summed E-state index contributed by atoms with van der Waals surface area (Å²) in [5, 5.41) is 17.6. The molecule has 7 heteroatoms. The van der Waals surface area contributed by atoms with Crippen molar-refractivity contribution in [2.24, 2.45) is 0 Å². The summed E-state index contributed by atoms with van der Waals surface area (Å²) in [7, 11) is 0. The number of halogens is 1. The van der Waals surface area contributed by atoms with Gasteiger partial charge in [0.15, 0.2) is 11.5 Å². The Balaban J connectivity index is 0.000000980. The molecule has 0 unspecified atom stereocenters. The van der Waals surface area contributed by atoms with Crippen molar-refractivity contribution in [3.8, 4) is 0 Å². The summed E-state index contributed by atoms with van der Waals surface area (Å²) in [6.07, 6.45) is 1.56. The van der Waals surface area contributed by atoms with Crippen LogP contribution in [-0.4, -0.2) is 20.6 Å². The Morgan fingerprint density at radius 2 is 2.21 bits per heavy atom. The van der Waals surface area contributed by atoms with E-state index < -0.39 is 5.97 Å². The summed E-state index contributed by atoms with van der Waals surface area (Å²) < 4.78 is 2.16. The number of carboxylic acid groups (broad SMARTS) is 1. The van der Waals surface area contributed by atoms with Crippen molar-refractivity contribution in [2.45, 2.75) is 0 Å². The minimum atomic E-state index is -1.34. The molecule has 0 aliphatic heterocycles. The number of pyridine rings is 1. The Morgan fingerprint density at radius 3 is 2.86 bits per heavy atom. The second kappa shape index (κ2) is 4.13. The maximum Gasteiger partial charge on any atom is 1.00 e. The van der Waals surface area contributed by atoms with E-state index in [9.17, 15) is 9.90 Å².